The third-order valence-electron chi connectivity index (χ3n) is 2.83. The largest absolute Gasteiger partial charge is 0.481 e. The van der Waals surface area contributed by atoms with Crippen LogP contribution < -0.4 is 0 Å². The van der Waals surface area contributed by atoms with Crippen molar-refractivity contribution in [2.24, 2.45) is 0 Å². The molecule has 3 nitrogen and oxygen atoms in total. The first-order valence-corrected chi connectivity index (χ1v) is 6.90. The third-order valence-corrected chi connectivity index (χ3v) is 4.08. The van der Waals surface area contributed by atoms with Crippen molar-refractivity contribution < 1.29 is 9.90 Å². The van der Waals surface area contributed by atoms with E-state index in [0.29, 0.717) is 5.56 Å². The van der Waals surface area contributed by atoms with Gasteiger partial charge in [-0.05, 0) is 36.2 Å². The van der Waals surface area contributed by atoms with Gasteiger partial charge in [0.1, 0.15) is 6.07 Å². The normalized spacial score (nSPS) is 10.0. The second-order valence-electron chi connectivity index (χ2n) is 4.38. The van der Waals surface area contributed by atoms with Gasteiger partial charge in [-0.2, -0.15) is 5.26 Å². The van der Waals surface area contributed by atoms with Crippen molar-refractivity contribution in [3.05, 3.63) is 59.2 Å². The number of carboxylic acid groups (broad SMARTS) is 1. The predicted molar refractivity (Wildman–Crippen MR) is 77.8 cm³/mol. The minimum atomic E-state index is -0.837. The molecule has 0 atom stereocenters. The molecule has 0 saturated heterocycles. The summed E-state index contributed by atoms with van der Waals surface area (Å²) in [5.74, 6) is -0.837. The monoisotopic (exact) mass is 283 g/mol. The topological polar surface area (TPSA) is 61.1 Å². The van der Waals surface area contributed by atoms with Gasteiger partial charge in [0.15, 0.2) is 0 Å². The maximum Gasteiger partial charge on any atom is 0.307 e. The average Bonchev–Trinajstić information content (AvgIpc) is 2.42. The summed E-state index contributed by atoms with van der Waals surface area (Å²) in [6, 6.07) is 15.2. The fourth-order valence-corrected chi connectivity index (χ4v) is 2.80. The van der Waals surface area contributed by atoms with Crippen molar-refractivity contribution in [3.63, 3.8) is 0 Å². The molecule has 0 heterocycles. The van der Waals surface area contributed by atoms with Crippen molar-refractivity contribution in [2.45, 2.75) is 23.1 Å². The highest BCUT2D eigenvalue weighted by Crippen LogP contribution is 2.33. The Hall–Kier alpha value is -2.25. The van der Waals surface area contributed by atoms with Crippen LogP contribution in [0.25, 0.3) is 0 Å². The molecule has 0 aliphatic carbocycles. The zero-order valence-electron chi connectivity index (χ0n) is 11.0. The second kappa shape index (κ2) is 6.27. The maximum absolute atomic E-state index is 10.6. The molecule has 0 fully saturated rings. The molecule has 0 bridgehead atoms. The number of hydrogen-bond donors (Lipinski definition) is 1. The number of aliphatic carboxylic acids is 1. The van der Waals surface area contributed by atoms with Gasteiger partial charge in [0.25, 0.3) is 0 Å². The van der Waals surface area contributed by atoms with Crippen LogP contribution in [0.5, 0.6) is 0 Å². The first kappa shape index (κ1) is 14.2. The Labute approximate surface area is 121 Å². The standard InChI is InChI=1S/C16H13NO2S/c1-11-3-2-4-13(10-17)16(11)20-14-7-5-12(6-8-14)9-15(18)19/h2-8H,9H2,1H3,(H,18,19). The maximum atomic E-state index is 10.6. The number of nitrogens with zero attached hydrogens (tertiary/aromatic N) is 1. The molecule has 2 aromatic carbocycles. The Morgan fingerprint density at radius 1 is 1.25 bits per heavy atom. The fourth-order valence-electron chi connectivity index (χ4n) is 1.84. The number of benzene rings is 2. The van der Waals surface area contributed by atoms with E-state index in [1.165, 1.54) is 11.8 Å². The second-order valence-corrected chi connectivity index (χ2v) is 5.46. The Morgan fingerprint density at radius 3 is 2.55 bits per heavy atom. The Kier molecular flexibility index (Phi) is 4.44. The van der Waals surface area contributed by atoms with Gasteiger partial charge in [0.2, 0.25) is 0 Å². The molecule has 4 heteroatoms. The third kappa shape index (κ3) is 3.40. The Balaban J connectivity index is 2.23. The van der Waals surface area contributed by atoms with Gasteiger partial charge in [-0.1, -0.05) is 36.0 Å². The summed E-state index contributed by atoms with van der Waals surface area (Å²) >= 11 is 1.52. The number of nitriles is 1. The number of rotatable bonds is 4. The summed E-state index contributed by atoms with van der Waals surface area (Å²) in [5, 5.41) is 17.9. The summed E-state index contributed by atoms with van der Waals surface area (Å²) in [6.07, 6.45) is 0.0265. The highest BCUT2D eigenvalue weighted by atomic mass is 32.2. The molecule has 20 heavy (non-hydrogen) atoms. The SMILES string of the molecule is Cc1cccc(C#N)c1Sc1ccc(CC(=O)O)cc1. The average molecular weight is 283 g/mol. The van der Waals surface area contributed by atoms with Crippen molar-refractivity contribution >= 4 is 17.7 Å². The van der Waals surface area contributed by atoms with Gasteiger partial charge in [0.05, 0.1) is 12.0 Å². The molecule has 100 valence electrons. The summed E-state index contributed by atoms with van der Waals surface area (Å²) in [5.41, 5.74) is 2.49. The van der Waals surface area contributed by atoms with E-state index >= 15 is 0 Å². The molecule has 0 unspecified atom stereocenters. The van der Waals surface area contributed by atoms with E-state index in [0.717, 1.165) is 20.9 Å². The lowest BCUT2D eigenvalue weighted by Gasteiger charge is -2.08. The summed E-state index contributed by atoms with van der Waals surface area (Å²) in [7, 11) is 0. The van der Waals surface area contributed by atoms with Crippen LogP contribution in [0.2, 0.25) is 0 Å². The van der Waals surface area contributed by atoms with Crippen LogP contribution in [-0.4, -0.2) is 11.1 Å². The lowest BCUT2D eigenvalue weighted by Crippen LogP contribution is -1.99. The minimum Gasteiger partial charge on any atom is -0.481 e. The first-order chi connectivity index (χ1) is 9.60. The van der Waals surface area contributed by atoms with Gasteiger partial charge in [-0.3, -0.25) is 4.79 Å². The van der Waals surface area contributed by atoms with Gasteiger partial charge in [0, 0.05) is 9.79 Å². The lowest BCUT2D eigenvalue weighted by atomic mass is 10.1. The lowest BCUT2D eigenvalue weighted by molar-refractivity contribution is -0.136. The molecule has 1 N–H and O–H groups in total. The first-order valence-electron chi connectivity index (χ1n) is 6.08. The molecule has 0 aromatic heterocycles. The molecular formula is C16H13NO2S. The fraction of sp³-hybridized carbons (Fsp3) is 0.125. The van der Waals surface area contributed by atoms with Gasteiger partial charge in [-0.15, -0.1) is 0 Å². The van der Waals surface area contributed by atoms with Gasteiger partial charge < -0.3 is 5.11 Å². The number of carbonyl (C=O) groups is 1. The van der Waals surface area contributed by atoms with E-state index in [1.807, 2.05) is 31.2 Å². The predicted octanol–water partition coefficient (Wildman–Crippen LogP) is 3.65. The van der Waals surface area contributed by atoms with Crippen LogP contribution in [0.15, 0.2) is 52.3 Å². The van der Waals surface area contributed by atoms with Crippen LogP contribution in [0, 0.1) is 18.3 Å². The number of carboxylic acids is 1. The number of aryl methyl sites for hydroxylation is 1. The molecule has 2 aromatic rings. The van der Waals surface area contributed by atoms with E-state index in [-0.39, 0.29) is 6.42 Å². The summed E-state index contributed by atoms with van der Waals surface area (Å²) in [4.78, 5) is 12.6. The molecule has 0 saturated carbocycles. The Bertz CT molecular complexity index is 672. The van der Waals surface area contributed by atoms with Crippen molar-refractivity contribution in [3.8, 4) is 6.07 Å². The summed E-state index contributed by atoms with van der Waals surface area (Å²) < 4.78 is 0. The quantitative estimate of drug-likeness (QED) is 0.930. The highest BCUT2D eigenvalue weighted by molar-refractivity contribution is 7.99. The number of hydrogen-bond acceptors (Lipinski definition) is 3. The van der Waals surface area contributed by atoms with Crippen LogP contribution in [0.3, 0.4) is 0 Å². The van der Waals surface area contributed by atoms with E-state index in [1.54, 1.807) is 18.2 Å². The minimum absolute atomic E-state index is 0.0265. The molecule has 0 spiro atoms. The zero-order chi connectivity index (χ0) is 14.5. The van der Waals surface area contributed by atoms with Crippen LogP contribution >= 0.6 is 11.8 Å². The van der Waals surface area contributed by atoms with E-state index in [4.69, 9.17) is 10.4 Å². The van der Waals surface area contributed by atoms with Crippen molar-refractivity contribution in [1.82, 2.24) is 0 Å². The summed E-state index contributed by atoms with van der Waals surface area (Å²) in [6.45, 7) is 1.97. The van der Waals surface area contributed by atoms with Crippen LogP contribution in [0.4, 0.5) is 0 Å². The molecule has 0 amide bonds. The van der Waals surface area contributed by atoms with Crippen molar-refractivity contribution in [2.75, 3.05) is 0 Å². The van der Waals surface area contributed by atoms with E-state index < -0.39 is 5.97 Å². The van der Waals surface area contributed by atoms with Gasteiger partial charge in [-0.25, -0.2) is 0 Å². The molecule has 0 aliphatic rings. The van der Waals surface area contributed by atoms with E-state index in [9.17, 15) is 4.79 Å². The highest BCUT2D eigenvalue weighted by Gasteiger charge is 2.07. The van der Waals surface area contributed by atoms with Gasteiger partial charge >= 0.3 is 5.97 Å². The molecule has 0 radical (unpaired) electrons. The Morgan fingerprint density at radius 2 is 1.95 bits per heavy atom. The zero-order valence-corrected chi connectivity index (χ0v) is 11.8. The van der Waals surface area contributed by atoms with Crippen LogP contribution in [-0.2, 0) is 11.2 Å². The van der Waals surface area contributed by atoms with E-state index in [2.05, 4.69) is 6.07 Å². The van der Waals surface area contributed by atoms with Crippen LogP contribution in [0.1, 0.15) is 16.7 Å². The molecule has 0 aliphatic heterocycles. The van der Waals surface area contributed by atoms with Crippen molar-refractivity contribution in [1.29, 1.82) is 5.26 Å². The molecule has 2 rings (SSSR count). The molecular weight excluding hydrogens is 270 g/mol. The smallest absolute Gasteiger partial charge is 0.307 e.